The van der Waals surface area contributed by atoms with Gasteiger partial charge in [-0.25, -0.2) is 0 Å². The maximum Gasteiger partial charge on any atom is 0.150 e. The van der Waals surface area contributed by atoms with Crippen molar-refractivity contribution < 1.29 is 4.79 Å². The van der Waals surface area contributed by atoms with Gasteiger partial charge in [-0.1, -0.05) is 108 Å². The number of unbranched alkanes of at least 4 members (excludes halogenated alkanes) is 11. The van der Waals surface area contributed by atoms with Crippen molar-refractivity contribution in [2.75, 3.05) is 0 Å². The van der Waals surface area contributed by atoms with Gasteiger partial charge in [0.2, 0.25) is 0 Å². The monoisotopic (exact) mass is 314 g/mol. The van der Waals surface area contributed by atoms with E-state index in [1.54, 1.807) is 0 Å². The van der Waals surface area contributed by atoms with Gasteiger partial charge in [-0.3, -0.25) is 4.79 Å². The number of carbonyl (C=O) groups excluding carboxylic acids is 1. The number of allylic oxidation sites excluding steroid dienone is 1. The molecule has 1 aromatic rings. The fraction of sp³-hybridized carbons (Fsp3) is 0.591. The Morgan fingerprint density at radius 2 is 1.26 bits per heavy atom. The van der Waals surface area contributed by atoms with Crippen molar-refractivity contribution in [1.29, 1.82) is 0 Å². The lowest BCUT2D eigenvalue weighted by molar-refractivity contribution is 0.112. The van der Waals surface area contributed by atoms with Crippen molar-refractivity contribution in [3.63, 3.8) is 0 Å². The van der Waals surface area contributed by atoms with Gasteiger partial charge in [0.05, 0.1) is 0 Å². The average Bonchev–Trinajstić information content (AvgIpc) is 2.59. The normalized spacial score (nSPS) is 11.2. The van der Waals surface area contributed by atoms with Crippen LogP contribution in [0.3, 0.4) is 0 Å². The molecule has 0 aromatic heterocycles. The molecule has 0 unspecified atom stereocenters. The first-order chi connectivity index (χ1) is 11.4. The minimum absolute atomic E-state index is 0.780. The Morgan fingerprint density at radius 3 is 1.83 bits per heavy atom. The van der Waals surface area contributed by atoms with Crippen LogP contribution in [0.4, 0.5) is 0 Å². The van der Waals surface area contributed by atoms with Crippen molar-refractivity contribution >= 4 is 12.4 Å². The fourth-order valence-corrected chi connectivity index (χ4v) is 2.91. The zero-order valence-corrected chi connectivity index (χ0v) is 14.9. The van der Waals surface area contributed by atoms with E-state index in [-0.39, 0.29) is 0 Å². The molecule has 1 rings (SSSR count). The van der Waals surface area contributed by atoms with Crippen LogP contribution in [0.5, 0.6) is 0 Å². The van der Waals surface area contributed by atoms with Gasteiger partial charge < -0.3 is 0 Å². The molecule has 0 bridgehead atoms. The van der Waals surface area contributed by atoms with Crippen LogP contribution >= 0.6 is 0 Å². The van der Waals surface area contributed by atoms with Crippen LogP contribution < -0.4 is 0 Å². The molecule has 23 heavy (non-hydrogen) atoms. The Morgan fingerprint density at radius 1 is 0.739 bits per heavy atom. The lowest BCUT2D eigenvalue weighted by Crippen LogP contribution is -1.84. The summed E-state index contributed by atoms with van der Waals surface area (Å²) in [4.78, 5) is 10.9. The third kappa shape index (κ3) is 10.1. The molecule has 0 spiro atoms. The second-order valence-electron chi connectivity index (χ2n) is 6.47. The van der Waals surface area contributed by atoms with Gasteiger partial charge >= 0.3 is 0 Å². The van der Waals surface area contributed by atoms with Crippen LogP contribution in [0.2, 0.25) is 0 Å². The SMILES string of the molecule is CCCCCCCCCCCCCC=Cc1ccccc1C=O. The molecule has 1 nitrogen and oxygen atoms in total. The summed E-state index contributed by atoms with van der Waals surface area (Å²) in [5.74, 6) is 0. The lowest BCUT2D eigenvalue weighted by atomic mass is 10.0. The van der Waals surface area contributed by atoms with E-state index in [0.717, 1.165) is 23.8 Å². The molecule has 0 aliphatic rings. The first-order valence-corrected chi connectivity index (χ1v) is 9.59. The molecule has 0 aliphatic heterocycles. The van der Waals surface area contributed by atoms with E-state index in [1.165, 1.54) is 70.6 Å². The van der Waals surface area contributed by atoms with Crippen molar-refractivity contribution in [3.8, 4) is 0 Å². The molecule has 0 aliphatic carbocycles. The standard InChI is InChI=1S/C22H34O/c1-2-3-4-5-6-7-8-9-10-11-12-13-14-17-21-18-15-16-19-22(21)20-23/h14-20H,2-13H2,1H3. The second kappa shape index (κ2) is 14.2. The predicted molar refractivity (Wildman–Crippen MR) is 102 cm³/mol. The summed E-state index contributed by atoms with van der Waals surface area (Å²) in [6, 6.07) is 7.76. The maximum absolute atomic E-state index is 10.9. The van der Waals surface area contributed by atoms with Gasteiger partial charge in [-0.15, -0.1) is 0 Å². The molecule has 0 saturated carbocycles. The Labute approximate surface area is 143 Å². The second-order valence-corrected chi connectivity index (χ2v) is 6.47. The number of rotatable bonds is 14. The molecule has 1 aromatic carbocycles. The van der Waals surface area contributed by atoms with Gasteiger partial charge in [-0.05, 0) is 18.4 Å². The number of aldehydes is 1. The first kappa shape index (κ1) is 19.7. The van der Waals surface area contributed by atoms with Crippen LogP contribution in [0, 0.1) is 0 Å². The van der Waals surface area contributed by atoms with Crippen molar-refractivity contribution in [1.82, 2.24) is 0 Å². The molecule has 0 saturated heterocycles. The molecular weight excluding hydrogens is 280 g/mol. The Kier molecular flexibility index (Phi) is 12.2. The Bertz CT molecular complexity index is 433. The van der Waals surface area contributed by atoms with Crippen molar-refractivity contribution in [2.24, 2.45) is 0 Å². The minimum Gasteiger partial charge on any atom is -0.298 e. The average molecular weight is 315 g/mol. The third-order valence-corrected chi connectivity index (χ3v) is 4.39. The van der Waals surface area contributed by atoms with Crippen LogP contribution in [0.1, 0.15) is 99.9 Å². The highest BCUT2D eigenvalue weighted by atomic mass is 16.1. The number of hydrogen-bond acceptors (Lipinski definition) is 1. The van der Waals surface area contributed by atoms with E-state index in [9.17, 15) is 4.79 Å². The Balaban J connectivity index is 1.95. The minimum atomic E-state index is 0.780. The molecule has 0 atom stereocenters. The van der Waals surface area contributed by atoms with Crippen LogP contribution in [-0.2, 0) is 0 Å². The Hall–Kier alpha value is -1.37. The topological polar surface area (TPSA) is 17.1 Å². The van der Waals surface area contributed by atoms with E-state index in [1.807, 2.05) is 24.3 Å². The van der Waals surface area contributed by atoms with Crippen molar-refractivity contribution in [3.05, 3.63) is 41.5 Å². The van der Waals surface area contributed by atoms with Crippen LogP contribution in [0.15, 0.2) is 30.3 Å². The molecule has 0 N–H and O–H groups in total. The molecule has 1 heteroatoms. The smallest absolute Gasteiger partial charge is 0.150 e. The van der Waals surface area contributed by atoms with E-state index in [4.69, 9.17) is 0 Å². The summed E-state index contributed by atoms with van der Waals surface area (Å²) in [6.45, 7) is 2.27. The highest BCUT2D eigenvalue weighted by molar-refractivity contribution is 5.81. The summed E-state index contributed by atoms with van der Waals surface area (Å²) >= 11 is 0. The van der Waals surface area contributed by atoms with Crippen molar-refractivity contribution in [2.45, 2.75) is 84.0 Å². The first-order valence-electron chi connectivity index (χ1n) is 9.59. The largest absolute Gasteiger partial charge is 0.298 e. The number of hydrogen-bond donors (Lipinski definition) is 0. The van der Waals surface area contributed by atoms with E-state index in [2.05, 4.69) is 19.1 Å². The molecule has 0 heterocycles. The highest BCUT2D eigenvalue weighted by Gasteiger charge is 1.95. The zero-order valence-electron chi connectivity index (χ0n) is 14.9. The molecule has 128 valence electrons. The zero-order chi connectivity index (χ0) is 16.6. The summed E-state index contributed by atoms with van der Waals surface area (Å²) in [5.41, 5.74) is 1.81. The van der Waals surface area contributed by atoms with E-state index in [0.29, 0.717) is 0 Å². The number of carbonyl (C=O) groups is 1. The van der Waals surface area contributed by atoms with Crippen LogP contribution in [-0.4, -0.2) is 6.29 Å². The van der Waals surface area contributed by atoms with Gasteiger partial charge in [0.15, 0.2) is 6.29 Å². The summed E-state index contributed by atoms with van der Waals surface area (Å²) in [7, 11) is 0. The lowest BCUT2D eigenvalue weighted by Gasteiger charge is -2.02. The molecule has 0 radical (unpaired) electrons. The fourth-order valence-electron chi connectivity index (χ4n) is 2.91. The highest BCUT2D eigenvalue weighted by Crippen LogP contribution is 2.13. The van der Waals surface area contributed by atoms with Gasteiger partial charge in [0.1, 0.15) is 0 Å². The third-order valence-electron chi connectivity index (χ3n) is 4.39. The number of benzene rings is 1. The van der Waals surface area contributed by atoms with Crippen LogP contribution in [0.25, 0.3) is 6.08 Å². The van der Waals surface area contributed by atoms with E-state index < -0.39 is 0 Å². The summed E-state index contributed by atoms with van der Waals surface area (Å²) in [6.07, 6.45) is 21.6. The van der Waals surface area contributed by atoms with Gasteiger partial charge in [0.25, 0.3) is 0 Å². The molecule has 0 fully saturated rings. The predicted octanol–water partition coefficient (Wildman–Crippen LogP) is 7.21. The molecular formula is C22H34O. The van der Waals surface area contributed by atoms with Gasteiger partial charge in [0, 0.05) is 5.56 Å². The summed E-state index contributed by atoms with van der Waals surface area (Å²) < 4.78 is 0. The maximum atomic E-state index is 10.9. The quantitative estimate of drug-likeness (QED) is 0.262. The molecule has 0 amide bonds. The van der Waals surface area contributed by atoms with Gasteiger partial charge in [-0.2, -0.15) is 0 Å². The van der Waals surface area contributed by atoms with E-state index >= 15 is 0 Å². The summed E-state index contributed by atoms with van der Waals surface area (Å²) in [5, 5.41) is 0.